The Morgan fingerprint density at radius 1 is 0.529 bits per heavy atom. The molecule has 0 bridgehead atoms. The highest BCUT2D eigenvalue weighted by atomic mass is 127. The van der Waals surface area contributed by atoms with E-state index in [9.17, 15) is 9.59 Å². The van der Waals surface area contributed by atoms with Gasteiger partial charge in [0.25, 0.3) is 0 Å². The molecule has 1 N–H and O–H groups in total. The summed E-state index contributed by atoms with van der Waals surface area (Å²) in [6.45, 7) is 0. The molecule has 0 heterocycles. The Kier molecular flexibility index (Phi) is 8.83. The molecule has 0 atom stereocenters. The Bertz CT molecular complexity index is 1240. The van der Waals surface area contributed by atoms with Crippen molar-refractivity contribution in [3.8, 4) is 0 Å². The molecule has 0 fully saturated rings. The van der Waals surface area contributed by atoms with Crippen LogP contribution in [-0.4, -0.2) is 29.1 Å². The quantitative estimate of drug-likeness (QED) is 0.190. The lowest BCUT2D eigenvalue weighted by Gasteiger charge is -2.16. The van der Waals surface area contributed by atoms with Crippen molar-refractivity contribution < 1.29 is 48.3 Å². The molecule has 0 radical (unpaired) electrons. The second kappa shape index (κ2) is 11.8. The summed E-state index contributed by atoms with van der Waals surface area (Å²) < 4.78 is 35.8. The van der Waals surface area contributed by atoms with Crippen molar-refractivity contribution in [2.45, 2.75) is 0 Å². The van der Waals surface area contributed by atoms with Crippen molar-refractivity contribution >= 4 is 22.0 Å². The molecular formula is C26H19IO6S. The molecule has 0 unspecified atom stereocenters. The van der Waals surface area contributed by atoms with Crippen molar-refractivity contribution in [3.05, 3.63) is 139 Å². The molecule has 8 heteroatoms. The summed E-state index contributed by atoms with van der Waals surface area (Å²) in [5.74, 6) is -0.128. The van der Waals surface area contributed by atoms with Crippen LogP contribution in [0.3, 0.4) is 0 Å². The summed E-state index contributed by atoms with van der Waals surface area (Å²) in [7, 11) is -4.92. The van der Waals surface area contributed by atoms with Gasteiger partial charge < -0.3 is 4.55 Å². The number of halogens is 1. The molecule has 0 saturated heterocycles. The molecule has 34 heavy (non-hydrogen) atoms. The highest BCUT2D eigenvalue weighted by Gasteiger charge is 2.28. The zero-order chi connectivity index (χ0) is 24.6. The largest absolute Gasteiger partial charge is 0.726 e. The van der Waals surface area contributed by atoms with Crippen molar-refractivity contribution in [3.63, 3.8) is 0 Å². The first kappa shape index (κ1) is 25.4. The van der Waals surface area contributed by atoms with Crippen LogP contribution in [-0.2, 0) is 10.4 Å². The molecule has 172 valence electrons. The standard InChI is InChI=1S/C14H8O2.C12H10I.H2O4S/c15-13-9-5-1-2-6-10(9)14(16)12-8-4-3-7-11(12)13;1-3-7-11(8-4-1)13-12-9-5-2-6-10-12;1-5(2,3)4/h1-8H;1-10H;(H2,1,2,3,4)/q;+1;/p-1. The van der Waals surface area contributed by atoms with Crippen molar-refractivity contribution in [1.82, 2.24) is 0 Å². The Morgan fingerprint density at radius 2 is 0.765 bits per heavy atom. The first-order valence-corrected chi connectivity index (χ1v) is 13.5. The minimum Gasteiger partial charge on any atom is -0.726 e. The lowest BCUT2D eigenvalue weighted by atomic mass is 9.84. The van der Waals surface area contributed by atoms with Crippen LogP contribution in [0.2, 0.25) is 0 Å². The Morgan fingerprint density at radius 3 is 1.03 bits per heavy atom. The van der Waals surface area contributed by atoms with Gasteiger partial charge in [0.2, 0.25) is 10.4 Å². The maximum absolute atomic E-state index is 12.1. The third-order valence-electron chi connectivity index (χ3n) is 4.52. The number of carbonyl (C=O) groups excluding carboxylic acids is 2. The highest BCUT2D eigenvalue weighted by Crippen LogP contribution is 2.26. The fourth-order valence-corrected chi connectivity index (χ4v) is 5.40. The minimum absolute atomic E-state index is 0.0287. The van der Waals surface area contributed by atoms with E-state index in [0.29, 0.717) is 22.3 Å². The molecule has 4 aromatic rings. The van der Waals surface area contributed by atoms with Crippen LogP contribution in [0, 0.1) is 7.14 Å². The van der Waals surface area contributed by atoms with E-state index in [1.807, 2.05) is 0 Å². The molecular weight excluding hydrogens is 567 g/mol. The zero-order valence-electron chi connectivity index (χ0n) is 17.7. The average molecular weight is 586 g/mol. The predicted molar refractivity (Wildman–Crippen MR) is 122 cm³/mol. The lowest BCUT2D eigenvalue weighted by molar-refractivity contribution is -0.597. The molecule has 0 aromatic heterocycles. The van der Waals surface area contributed by atoms with Crippen molar-refractivity contribution in [1.29, 1.82) is 0 Å². The summed E-state index contributed by atoms with van der Waals surface area (Å²) >= 11 is 0.0287. The SMILES string of the molecule is O=C1c2ccccc2C(=O)c2ccccc21.O=S(=O)([O-])O.c1ccc([I+]c2ccccc2)cc1. The molecule has 4 aromatic carbocycles. The fraction of sp³-hybridized carbons (Fsp3) is 0. The van der Waals surface area contributed by atoms with Crippen LogP contribution in [0.1, 0.15) is 31.8 Å². The predicted octanol–water partition coefficient (Wildman–Crippen LogP) is 1.28. The number of hydrogen-bond donors (Lipinski definition) is 1. The third kappa shape index (κ3) is 7.42. The van der Waals surface area contributed by atoms with Gasteiger partial charge in [-0.15, -0.1) is 0 Å². The van der Waals surface area contributed by atoms with Gasteiger partial charge in [-0.05, 0) is 24.3 Å². The number of benzene rings is 4. The summed E-state index contributed by atoms with van der Waals surface area (Å²) in [5, 5.41) is 0. The monoisotopic (exact) mass is 586 g/mol. The van der Waals surface area contributed by atoms with E-state index in [2.05, 4.69) is 60.7 Å². The van der Waals surface area contributed by atoms with Gasteiger partial charge in [-0.1, -0.05) is 84.9 Å². The van der Waals surface area contributed by atoms with E-state index in [4.69, 9.17) is 17.5 Å². The third-order valence-corrected chi connectivity index (χ3v) is 7.20. The number of ketones is 2. The van der Waals surface area contributed by atoms with E-state index in [1.165, 1.54) is 7.14 Å². The number of rotatable bonds is 2. The molecule has 0 spiro atoms. The van der Waals surface area contributed by atoms with E-state index in [-0.39, 0.29) is 32.8 Å². The van der Waals surface area contributed by atoms with Gasteiger partial charge in [0, 0.05) is 22.3 Å². The van der Waals surface area contributed by atoms with E-state index in [0.717, 1.165) is 0 Å². The molecule has 0 amide bonds. The molecule has 0 aliphatic heterocycles. The van der Waals surface area contributed by atoms with E-state index in [1.54, 1.807) is 48.5 Å². The van der Waals surface area contributed by atoms with Gasteiger partial charge in [-0.3, -0.25) is 14.1 Å². The molecule has 6 nitrogen and oxygen atoms in total. The first-order chi connectivity index (χ1) is 16.2. The van der Waals surface area contributed by atoms with Gasteiger partial charge >= 0.3 is 21.2 Å². The smallest absolute Gasteiger partial charge is 0.357 e. The Hall–Kier alpha value is -3.18. The van der Waals surface area contributed by atoms with Gasteiger partial charge in [-0.2, -0.15) is 0 Å². The van der Waals surface area contributed by atoms with Crippen LogP contribution in [0.5, 0.6) is 0 Å². The van der Waals surface area contributed by atoms with Crippen molar-refractivity contribution in [2.75, 3.05) is 0 Å². The van der Waals surface area contributed by atoms with Crippen LogP contribution >= 0.6 is 0 Å². The Balaban J connectivity index is 0.000000162. The van der Waals surface area contributed by atoms with E-state index < -0.39 is 10.4 Å². The van der Waals surface area contributed by atoms with Crippen LogP contribution in [0.4, 0.5) is 0 Å². The topological polar surface area (TPSA) is 112 Å². The maximum Gasteiger partial charge on any atom is 0.357 e. The van der Waals surface area contributed by atoms with Crippen LogP contribution < -0.4 is 21.2 Å². The second-order valence-electron chi connectivity index (χ2n) is 6.86. The number of carbonyl (C=O) groups is 2. The van der Waals surface area contributed by atoms with E-state index >= 15 is 0 Å². The van der Waals surface area contributed by atoms with Crippen LogP contribution in [0.15, 0.2) is 109 Å². The number of hydrogen-bond acceptors (Lipinski definition) is 5. The summed E-state index contributed by atoms with van der Waals surface area (Å²) in [5.41, 5.74) is 2.02. The zero-order valence-corrected chi connectivity index (χ0v) is 20.6. The highest BCUT2D eigenvalue weighted by molar-refractivity contribution is 7.79. The first-order valence-electron chi connectivity index (χ1n) is 9.94. The van der Waals surface area contributed by atoms with Crippen molar-refractivity contribution in [2.24, 2.45) is 0 Å². The molecule has 0 saturated carbocycles. The minimum atomic E-state index is -4.92. The van der Waals surface area contributed by atoms with Gasteiger partial charge in [-0.25, -0.2) is 8.42 Å². The molecule has 5 rings (SSSR count). The fourth-order valence-electron chi connectivity index (χ4n) is 3.13. The Labute approximate surface area is 208 Å². The summed E-state index contributed by atoms with van der Waals surface area (Å²) in [6.07, 6.45) is 0. The molecule has 1 aliphatic rings. The maximum atomic E-state index is 12.1. The summed E-state index contributed by atoms with van der Waals surface area (Å²) in [6, 6.07) is 35.3. The summed E-state index contributed by atoms with van der Waals surface area (Å²) in [4.78, 5) is 24.2. The lowest BCUT2D eigenvalue weighted by Crippen LogP contribution is -3.61. The average Bonchev–Trinajstić information content (AvgIpc) is 2.83. The van der Waals surface area contributed by atoms with Gasteiger partial charge in [0.15, 0.2) is 18.7 Å². The van der Waals surface area contributed by atoms with Gasteiger partial charge in [0.05, 0.1) is 0 Å². The number of fused-ring (bicyclic) bond motifs is 2. The normalized spacial score (nSPS) is 11.7. The second-order valence-corrected chi connectivity index (χ2v) is 10.7. The molecule has 1 aliphatic carbocycles. The van der Waals surface area contributed by atoms with Gasteiger partial charge in [0.1, 0.15) is 0 Å². The van der Waals surface area contributed by atoms with Crippen LogP contribution in [0.25, 0.3) is 0 Å².